The summed E-state index contributed by atoms with van der Waals surface area (Å²) in [6.07, 6.45) is 0. The van der Waals surface area contributed by atoms with E-state index in [0.717, 1.165) is 12.1 Å². The maximum absolute atomic E-state index is 10.8. The Balaban J connectivity index is 2.45. The number of carboxylic acid groups (broad SMARTS) is 2. The zero-order valence-corrected chi connectivity index (χ0v) is 11.5. The minimum absolute atomic E-state index is 0.0882. The Morgan fingerprint density at radius 1 is 0.652 bits per heavy atom. The number of hydrogen-bond acceptors (Lipinski definition) is 6. The first-order valence-corrected chi connectivity index (χ1v) is 6.28. The SMILES string of the molecule is O=C(O)c1ccc(Bc2ccc(C(=O)O)c(O)c2O)c(O)c1O. The van der Waals surface area contributed by atoms with Gasteiger partial charge < -0.3 is 30.6 Å². The normalized spacial score (nSPS) is 10.3. The Morgan fingerprint density at radius 3 is 1.30 bits per heavy atom. The Hall–Kier alpha value is -3.36. The summed E-state index contributed by atoms with van der Waals surface area (Å²) < 4.78 is 0. The van der Waals surface area contributed by atoms with Crippen molar-refractivity contribution >= 4 is 30.1 Å². The van der Waals surface area contributed by atoms with Crippen LogP contribution >= 0.6 is 0 Å². The van der Waals surface area contributed by atoms with E-state index < -0.39 is 46.1 Å². The van der Waals surface area contributed by atoms with Crippen molar-refractivity contribution in [3.63, 3.8) is 0 Å². The molecule has 0 unspecified atom stereocenters. The van der Waals surface area contributed by atoms with Crippen molar-refractivity contribution in [2.45, 2.75) is 0 Å². The fraction of sp³-hybridized carbons (Fsp3) is 0. The zero-order chi connectivity index (χ0) is 17.3. The number of phenols is 4. The molecule has 0 radical (unpaired) electrons. The van der Waals surface area contributed by atoms with Gasteiger partial charge in [-0.25, -0.2) is 9.59 Å². The van der Waals surface area contributed by atoms with Crippen LogP contribution in [0.4, 0.5) is 0 Å². The number of aromatic carboxylic acids is 2. The van der Waals surface area contributed by atoms with Gasteiger partial charge in [0.25, 0.3) is 0 Å². The number of aromatic hydroxyl groups is 4. The highest BCUT2D eigenvalue weighted by Gasteiger charge is 2.21. The fourth-order valence-corrected chi connectivity index (χ4v) is 2.08. The van der Waals surface area contributed by atoms with Crippen LogP contribution in [0.15, 0.2) is 24.3 Å². The van der Waals surface area contributed by atoms with Crippen LogP contribution in [-0.2, 0) is 0 Å². The molecule has 0 amide bonds. The summed E-state index contributed by atoms with van der Waals surface area (Å²) in [7, 11) is -0.168. The molecule has 2 rings (SSSR count). The Labute approximate surface area is 129 Å². The lowest BCUT2D eigenvalue weighted by Gasteiger charge is -2.10. The van der Waals surface area contributed by atoms with Gasteiger partial charge in [0.05, 0.1) is 0 Å². The van der Waals surface area contributed by atoms with E-state index in [4.69, 9.17) is 10.2 Å². The van der Waals surface area contributed by atoms with Crippen molar-refractivity contribution in [2.24, 2.45) is 0 Å². The molecule has 0 atom stereocenters. The van der Waals surface area contributed by atoms with Gasteiger partial charge in [-0.3, -0.25) is 0 Å². The summed E-state index contributed by atoms with van der Waals surface area (Å²) in [5, 5.41) is 56.6. The van der Waals surface area contributed by atoms with Gasteiger partial charge in [-0.15, -0.1) is 0 Å². The largest absolute Gasteiger partial charge is 0.505 e. The first-order chi connectivity index (χ1) is 10.7. The number of rotatable bonds is 4. The molecule has 0 saturated heterocycles. The molecule has 0 bridgehead atoms. The van der Waals surface area contributed by atoms with Gasteiger partial charge in [0.15, 0.2) is 23.0 Å². The quantitative estimate of drug-likeness (QED) is 0.319. The predicted molar refractivity (Wildman–Crippen MR) is 79.9 cm³/mol. The molecule has 0 aliphatic carbocycles. The molecule has 0 saturated carbocycles. The summed E-state index contributed by atoms with van der Waals surface area (Å²) in [6, 6.07) is 4.63. The number of benzene rings is 2. The van der Waals surface area contributed by atoms with E-state index in [-0.39, 0.29) is 18.2 Å². The summed E-state index contributed by atoms with van der Waals surface area (Å²) in [6.45, 7) is 0. The second-order valence-electron chi connectivity index (χ2n) is 4.73. The van der Waals surface area contributed by atoms with Crippen molar-refractivity contribution in [1.82, 2.24) is 0 Å². The lowest BCUT2D eigenvalue weighted by atomic mass is 9.62. The van der Waals surface area contributed by atoms with Crippen molar-refractivity contribution in [1.29, 1.82) is 0 Å². The molecule has 9 heteroatoms. The number of hydrogen-bond donors (Lipinski definition) is 6. The van der Waals surface area contributed by atoms with Gasteiger partial charge in [0, 0.05) is 0 Å². The van der Waals surface area contributed by atoms with E-state index in [2.05, 4.69) is 0 Å². The highest BCUT2D eigenvalue weighted by atomic mass is 16.4. The molecule has 23 heavy (non-hydrogen) atoms. The first kappa shape index (κ1) is 16.0. The van der Waals surface area contributed by atoms with Crippen LogP contribution in [0.1, 0.15) is 20.7 Å². The molecule has 0 aliphatic rings. The molecule has 2 aromatic rings. The van der Waals surface area contributed by atoms with Crippen molar-refractivity contribution in [2.75, 3.05) is 0 Å². The van der Waals surface area contributed by atoms with E-state index in [1.165, 1.54) is 12.1 Å². The molecule has 6 N–H and O–H groups in total. The predicted octanol–water partition coefficient (Wildman–Crippen LogP) is -0.707. The summed E-state index contributed by atoms with van der Waals surface area (Å²) in [4.78, 5) is 21.7. The maximum Gasteiger partial charge on any atom is 0.339 e. The van der Waals surface area contributed by atoms with Gasteiger partial charge in [-0.05, 0) is 23.1 Å². The third kappa shape index (κ3) is 2.84. The number of carbonyl (C=O) groups is 2. The first-order valence-electron chi connectivity index (χ1n) is 6.28. The lowest BCUT2D eigenvalue weighted by molar-refractivity contribution is 0.0682. The van der Waals surface area contributed by atoms with Gasteiger partial charge in [-0.1, -0.05) is 12.1 Å². The smallest absolute Gasteiger partial charge is 0.339 e. The van der Waals surface area contributed by atoms with Crippen LogP contribution in [0.2, 0.25) is 0 Å². The minimum atomic E-state index is -1.42. The highest BCUT2D eigenvalue weighted by Crippen LogP contribution is 2.28. The number of carboxylic acids is 2. The number of phenolic OH excluding ortho intramolecular Hbond substituents is 2. The Bertz CT molecular complexity index is 747. The summed E-state index contributed by atoms with van der Waals surface area (Å²) >= 11 is 0. The maximum atomic E-state index is 10.8. The second-order valence-corrected chi connectivity index (χ2v) is 4.73. The standard InChI is InChI=1S/C14H11BO8/c16-9-5(13(20)21)1-3-7(11(9)18)15-8-4-2-6(14(22)23)10(17)12(8)19/h1-4,15-19H,(H,20,21)(H,22,23). The zero-order valence-electron chi connectivity index (χ0n) is 11.5. The molecular weight excluding hydrogens is 307 g/mol. The molecular formula is C14H11BO8. The van der Waals surface area contributed by atoms with E-state index >= 15 is 0 Å². The fourth-order valence-electron chi connectivity index (χ4n) is 2.08. The van der Waals surface area contributed by atoms with Gasteiger partial charge in [0.2, 0.25) is 7.28 Å². The van der Waals surface area contributed by atoms with E-state index in [9.17, 15) is 30.0 Å². The topological polar surface area (TPSA) is 156 Å². The van der Waals surface area contributed by atoms with Crippen molar-refractivity contribution < 1.29 is 40.2 Å². The van der Waals surface area contributed by atoms with Gasteiger partial charge in [0.1, 0.15) is 11.1 Å². The lowest BCUT2D eigenvalue weighted by Crippen LogP contribution is -2.28. The van der Waals surface area contributed by atoms with Gasteiger partial charge in [-0.2, -0.15) is 0 Å². The van der Waals surface area contributed by atoms with Crippen LogP contribution in [0, 0.1) is 0 Å². The molecule has 0 aromatic heterocycles. The van der Waals surface area contributed by atoms with Crippen LogP contribution in [-0.4, -0.2) is 49.9 Å². The van der Waals surface area contributed by atoms with Gasteiger partial charge >= 0.3 is 11.9 Å². The Morgan fingerprint density at radius 2 is 1.00 bits per heavy atom. The average Bonchev–Trinajstić information content (AvgIpc) is 2.48. The van der Waals surface area contributed by atoms with Crippen LogP contribution < -0.4 is 10.9 Å². The molecule has 0 fully saturated rings. The molecule has 2 aromatic carbocycles. The van der Waals surface area contributed by atoms with Crippen LogP contribution in [0.5, 0.6) is 23.0 Å². The highest BCUT2D eigenvalue weighted by molar-refractivity contribution is 6.69. The molecule has 0 heterocycles. The van der Waals surface area contributed by atoms with Crippen molar-refractivity contribution in [3.05, 3.63) is 35.4 Å². The third-order valence-corrected chi connectivity index (χ3v) is 3.31. The second kappa shape index (κ2) is 5.80. The molecule has 118 valence electrons. The van der Waals surface area contributed by atoms with Crippen LogP contribution in [0.3, 0.4) is 0 Å². The van der Waals surface area contributed by atoms with Crippen molar-refractivity contribution in [3.8, 4) is 23.0 Å². The summed E-state index contributed by atoms with van der Waals surface area (Å²) in [5.41, 5.74) is -0.797. The summed E-state index contributed by atoms with van der Waals surface area (Å²) in [5.74, 6) is -5.83. The minimum Gasteiger partial charge on any atom is -0.505 e. The monoisotopic (exact) mass is 318 g/mol. The van der Waals surface area contributed by atoms with E-state index in [1.54, 1.807) is 0 Å². The molecule has 0 aliphatic heterocycles. The average molecular weight is 318 g/mol. The van der Waals surface area contributed by atoms with E-state index in [1.807, 2.05) is 0 Å². The van der Waals surface area contributed by atoms with E-state index in [0.29, 0.717) is 0 Å². The third-order valence-electron chi connectivity index (χ3n) is 3.31. The molecule has 0 spiro atoms. The molecule has 8 nitrogen and oxygen atoms in total. The Kier molecular flexibility index (Phi) is 4.04. The van der Waals surface area contributed by atoms with Crippen LogP contribution in [0.25, 0.3) is 0 Å².